The highest BCUT2D eigenvalue weighted by Gasteiger charge is 2.20. The molecular weight excluding hydrogens is 336 g/mol. The SMILES string of the molecule is Cc1ccc(Cl)c(OC(C)C(=O)Nc2ccccc2N2CCCC2)c1. The third-order valence-electron chi connectivity index (χ3n) is 4.37. The van der Waals surface area contributed by atoms with Gasteiger partial charge in [-0.1, -0.05) is 29.8 Å². The summed E-state index contributed by atoms with van der Waals surface area (Å²) in [5, 5.41) is 3.50. The first-order chi connectivity index (χ1) is 12.0. The van der Waals surface area contributed by atoms with E-state index in [4.69, 9.17) is 16.3 Å². The summed E-state index contributed by atoms with van der Waals surface area (Å²) in [6.45, 7) is 5.74. The Morgan fingerprint density at radius 1 is 1.20 bits per heavy atom. The first-order valence-corrected chi connectivity index (χ1v) is 9.00. The van der Waals surface area contributed by atoms with Gasteiger partial charge in [-0.15, -0.1) is 0 Å². The van der Waals surface area contributed by atoms with Crippen molar-refractivity contribution in [2.24, 2.45) is 0 Å². The summed E-state index contributed by atoms with van der Waals surface area (Å²) in [7, 11) is 0. The minimum Gasteiger partial charge on any atom is -0.479 e. The van der Waals surface area contributed by atoms with Gasteiger partial charge in [0.05, 0.1) is 16.4 Å². The van der Waals surface area contributed by atoms with E-state index in [0.29, 0.717) is 10.8 Å². The van der Waals surface area contributed by atoms with Crippen LogP contribution in [0.3, 0.4) is 0 Å². The van der Waals surface area contributed by atoms with Crippen molar-refractivity contribution in [2.75, 3.05) is 23.3 Å². The molecule has 2 aromatic carbocycles. The minimum absolute atomic E-state index is 0.191. The van der Waals surface area contributed by atoms with Gasteiger partial charge in [-0.2, -0.15) is 0 Å². The molecule has 0 aliphatic carbocycles. The number of carbonyl (C=O) groups excluding carboxylic acids is 1. The number of amides is 1. The van der Waals surface area contributed by atoms with E-state index in [2.05, 4.69) is 10.2 Å². The summed E-state index contributed by atoms with van der Waals surface area (Å²) in [5.41, 5.74) is 2.92. The molecule has 0 radical (unpaired) electrons. The van der Waals surface area contributed by atoms with E-state index in [1.54, 1.807) is 13.0 Å². The molecule has 1 amide bonds. The second kappa shape index (κ2) is 7.79. The number of hydrogen-bond donors (Lipinski definition) is 1. The number of anilines is 2. The highest BCUT2D eigenvalue weighted by atomic mass is 35.5. The first kappa shape index (κ1) is 17.6. The van der Waals surface area contributed by atoms with Crippen molar-refractivity contribution in [1.29, 1.82) is 0 Å². The number of halogens is 1. The summed E-state index contributed by atoms with van der Waals surface area (Å²) in [5.74, 6) is 0.335. The predicted octanol–water partition coefficient (Wildman–Crippen LogP) is 4.65. The standard InChI is InChI=1S/C20H23ClN2O2/c1-14-9-10-16(21)19(13-14)25-15(2)20(24)22-17-7-3-4-8-18(17)23-11-5-6-12-23/h3-4,7-10,13,15H,5-6,11-12H2,1-2H3,(H,22,24). The van der Waals surface area contributed by atoms with Gasteiger partial charge >= 0.3 is 0 Å². The molecule has 1 aliphatic rings. The third kappa shape index (κ3) is 4.26. The fraction of sp³-hybridized carbons (Fsp3) is 0.350. The number of aryl methyl sites for hydroxylation is 1. The number of rotatable bonds is 5. The third-order valence-corrected chi connectivity index (χ3v) is 4.68. The fourth-order valence-corrected chi connectivity index (χ4v) is 3.15. The second-order valence-corrected chi connectivity index (χ2v) is 6.80. The Labute approximate surface area is 153 Å². The first-order valence-electron chi connectivity index (χ1n) is 8.62. The number of hydrogen-bond acceptors (Lipinski definition) is 3. The molecule has 132 valence electrons. The minimum atomic E-state index is -0.647. The molecule has 0 saturated carbocycles. The number of benzene rings is 2. The van der Waals surface area contributed by atoms with Gasteiger partial charge in [0.25, 0.3) is 5.91 Å². The molecule has 1 aliphatic heterocycles. The van der Waals surface area contributed by atoms with Crippen molar-refractivity contribution < 1.29 is 9.53 Å². The normalized spacial score (nSPS) is 15.1. The summed E-state index contributed by atoms with van der Waals surface area (Å²) >= 11 is 6.15. The van der Waals surface area contributed by atoms with E-state index in [0.717, 1.165) is 30.0 Å². The molecule has 0 aromatic heterocycles. The van der Waals surface area contributed by atoms with Crippen LogP contribution in [0.25, 0.3) is 0 Å². The number of nitrogens with zero attached hydrogens (tertiary/aromatic N) is 1. The van der Waals surface area contributed by atoms with Crippen molar-refractivity contribution in [1.82, 2.24) is 0 Å². The predicted molar refractivity (Wildman–Crippen MR) is 103 cm³/mol. The monoisotopic (exact) mass is 358 g/mol. The quantitative estimate of drug-likeness (QED) is 0.845. The summed E-state index contributed by atoms with van der Waals surface area (Å²) < 4.78 is 5.77. The van der Waals surface area contributed by atoms with Crippen LogP contribution in [0, 0.1) is 6.92 Å². The van der Waals surface area contributed by atoms with Gasteiger partial charge in [-0.25, -0.2) is 0 Å². The van der Waals surface area contributed by atoms with Crippen LogP contribution in [-0.4, -0.2) is 25.1 Å². The fourth-order valence-electron chi connectivity index (χ4n) is 2.99. The van der Waals surface area contributed by atoms with E-state index in [9.17, 15) is 4.79 Å². The van der Waals surface area contributed by atoms with E-state index in [1.807, 2.05) is 43.3 Å². The van der Waals surface area contributed by atoms with Crippen LogP contribution in [0.5, 0.6) is 5.75 Å². The molecule has 25 heavy (non-hydrogen) atoms. The van der Waals surface area contributed by atoms with Crippen LogP contribution in [0.15, 0.2) is 42.5 Å². The van der Waals surface area contributed by atoms with Crippen molar-refractivity contribution in [3.63, 3.8) is 0 Å². The molecule has 1 heterocycles. The van der Waals surface area contributed by atoms with Crippen LogP contribution in [-0.2, 0) is 4.79 Å². The lowest BCUT2D eigenvalue weighted by Gasteiger charge is -2.22. The maximum atomic E-state index is 12.6. The molecule has 5 heteroatoms. The average molecular weight is 359 g/mol. The van der Waals surface area contributed by atoms with Crippen LogP contribution in [0.1, 0.15) is 25.3 Å². The summed E-state index contributed by atoms with van der Waals surface area (Å²) in [4.78, 5) is 14.9. The molecule has 3 rings (SSSR count). The van der Waals surface area contributed by atoms with E-state index in [-0.39, 0.29) is 5.91 Å². The summed E-state index contributed by atoms with van der Waals surface area (Å²) in [6, 6.07) is 13.4. The van der Waals surface area contributed by atoms with E-state index >= 15 is 0 Å². The Morgan fingerprint density at radius 2 is 1.92 bits per heavy atom. The Morgan fingerprint density at radius 3 is 2.68 bits per heavy atom. The van der Waals surface area contributed by atoms with Crippen molar-refractivity contribution in [2.45, 2.75) is 32.8 Å². The van der Waals surface area contributed by atoms with Crippen LogP contribution in [0.4, 0.5) is 11.4 Å². The second-order valence-electron chi connectivity index (χ2n) is 6.39. The highest BCUT2D eigenvalue weighted by molar-refractivity contribution is 6.32. The lowest BCUT2D eigenvalue weighted by Crippen LogP contribution is -2.31. The number of para-hydroxylation sites is 2. The van der Waals surface area contributed by atoms with Gasteiger partial charge < -0.3 is 15.0 Å². The van der Waals surface area contributed by atoms with E-state index < -0.39 is 6.10 Å². The molecule has 1 unspecified atom stereocenters. The zero-order valence-corrected chi connectivity index (χ0v) is 15.3. The lowest BCUT2D eigenvalue weighted by molar-refractivity contribution is -0.122. The van der Waals surface area contributed by atoms with Crippen molar-refractivity contribution in [3.8, 4) is 5.75 Å². The molecule has 4 nitrogen and oxygen atoms in total. The van der Waals surface area contributed by atoms with Gasteiger partial charge in [0.1, 0.15) is 5.75 Å². The molecule has 0 bridgehead atoms. The summed E-state index contributed by atoms with van der Waals surface area (Å²) in [6.07, 6.45) is 1.73. The van der Waals surface area contributed by atoms with Crippen molar-refractivity contribution >= 4 is 28.9 Å². The van der Waals surface area contributed by atoms with E-state index in [1.165, 1.54) is 12.8 Å². The van der Waals surface area contributed by atoms with Gasteiger partial charge in [-0.3, -0.25) is 4.79 Å². The lowest BCUT2D eigenvalue weighted by atomic mass is 10.2. The zero-order valence-electron chi connectivity index (χ0n) is 14.6. The highest BCUT2D eigenvalue weighted by Crippen LogP contribution is 2.30. The van der Waals surface area contributed by atoms with Crippen molar-refractivity contribution in [3.05, 3.63) is 53.1 Å². The molecule has 1 fully saturated rings. The van der Waals surface area contributed by atoms with Gasteiger partial charge in [0.15, 0.2) is 6.10 Å². The molecular formula is C20H23ClN2O2. The molecule has 1 atom stereocenters. The zero-order chi connectivity index (χ0) is 17.8. The average Bonchev–Trinajstić information content (AvgIpc) is 3.13. The number of ether oxygens (including phenoxy) is 1. The molecule has 0 spiro atoms. The number of nitrogens with one attached hydrogen (secondary N) is 1. The molecule has 1 saturated heterocycles. The maximum absolute atomic E-state index is 12.6. The van der Waals surface area contributed by atoms with Crippen LogP contribution >= 0.6 is 11.6 Å². The Bertz CT molecular complexity index is 757. The smallest absolute Gasteiger partial charge is 0.265 e. The van der Waals surface area contributed by atoms with Gasteiger partial charge in [0.2, 0.25) is 0 Å². The Kier molecular flexibility index (Phi) is 5.49. The molecule has 1 N–H and O–H groups in total. The Balaban J connectivity index is 1.70. The largest absolute Gasteiger partial charge is 0.479 e. The Hall–Kier alpha value is -2.20. The maximum Gasteiger partial charge on any atom is 0.265 e. The topological polar surface area (TPSA) is 41.6 Å². The number of carbonyl (C=O) groups is 1. The molecule has 2 aromatic rings. The van der Waals surface area contributed by atoms with Crippen LogP contribution < -0.4 is 15.0 Å². The van der Waals surface area contributed by atoms with Crippen LogP contribution in [0.2, 0.25) is 5.02 Å². The van der Waals surface area contributed by atoms with Gasteiger partial charge in [-0.05, 0) is 56.5 Å². The van der Waals surface area contributed by atoms with Gasteiger partial charge in [0, 0.05) is 13.1 Å².